The van der Waals surface area contributed by atoms with Gasteiger partial charge in [0, 0.05) is 6.04 Å². The zero-order valence-corrected chi connectivity index (χ0v) is 14.6. The highest BCUT2D eigenvalue weighted by Gasteiger charge is 2.19. The van der Waals surface area contributed by atoms with Crippen LogP contribution in [0, 0.1) is 0 Å². The number of fused-ring (bicyclic) bond motifs is 1. The van der Waals surface area contributed by atoms with E-state index in [4.69, 9.17) is 9.47 Å². The fourth-order valence-electron chi connectivity index (χ4n) is 2.60. The lowest BCUT2D eigenvalue weighted by Gasteiger charge is -2.31. The van der Waals surface area contributed by atoms with E-state index in [2.05, 4.69) is 23.2 Å². The SMILES string of the molecule is CC(Cc1ccc2c(c1)OCO2)N(C)C(C)NC(=O)CN(C)C. The molecule has 0 fully saturated rings. The molecule has 6 heteroatoms. The van der Waals surface area contributed by atoms with E-state index in [0.29, 0.717) is 13.3 Å². The van der Waals surface area contributed by atoms with Gasteiger partial charge in [-0.25, -0.2) is 0 Å². The van der Waals surface area contributed by atoms with Crippen LogP contribution in [0.3, 0.4) is 0 Å². The monoisotopic (exact) mass is 321 g/mol. The van der Waals surface area contributed by atoms with Gasteiger partial charge in [0.1, 0.15) is 0 Å². The maximum absolute atomic E-state index is 11.9. The molecule has 0 aliphatic carbocycles. The molecule has 2 rings (SSSR count). The fourth-order valence-corrected chi connectivity index (χ4v) is 2.60. The highest BCUT2D eigenvalue weighted by atomic mass is 16.7. The second-order valence-electron chi connectivity index (χ2n) is 6.39. The van der Waals surface area contributed by atoms with Gasteiger partial charge < -0.3 is 19.7 Å². The number of ether oxygens (including phenoxy) is 2. The van der Waals surface area contributed by atoms with Crippen LogP contribution in [0.2, 0.25) is 0 Å². The summed E-state index contributed by atoms with van der Waals surface area (Å²) >= 11 is 0. The number of nitrogens with one attached hydrogen (secondary N) is 1. The van der Waals surface area contributed by atoms with Crippen molar-refractivity contribution >= 4 is 5.91 Å². The maximum atomic E-state index is 11.9. The summed E-state index contributed by atoms with van der Waals surface area (Å²) in [6.45, 7) is 4.85. The highest BCUT2D eigenvalue weighted by molar-refractivity contribution is 5.78. The Morgan fingerprint density at radius 2 is 1.91 bits per heavy atom. The van der Waals surface area contributed by atoms with Gasteiger partial charge in [0.15, 0.2) is 11.5 Å². The van der Waals surface area contributed by atoms with Crippen LogP contribution < -0.4 is 14.8 Å². The summed E-state index contributed by atoms with van der Waals surface area (Å²) in [6, 6.07) is 6.33. The fraction of sp³-hybridized carbons (Fsp3) is 0.588. The van der Waals surface area contributed by atoms with Gasteiger partial charge in [-0.05, 0) is 59.1 Å². The van der Waals surface area contributed by atoms with Crippen molar-refractivity contribution < 1.29 is 14.3 Å². The molecule has 128 valence electrons. The van der Waals surface area contributed by atoms with Gasteiger partial charge in [0.2, 0.25) is 12.7 Å². The van der Waals surface area contributed by atoms with Crippen molar-refractivity contribution in [3.05, 3.63) is 23.8 Å². The number of benzene rings is 1. The van der Waals surface area contributed by atoms with Crippen LogP contribution in [0.1, 0.15) is 19.4 Å². The summed E-state index contributed by atoms with van der Waals surface area (Å²) in [5, 5.41) is 3.02. The Bertz CT molecular complexity index is 548. The molecule has 0 saturated heterocycles. The van der Waals surface area contributed by atoms with Crippen LogP contribution in [0.15, 0.2) is 18.2 Å². The molecule has 2 unspecified atom stereocenters. The number of hydrogen-bond acceptors (Lipinski definition) is 5. The van der Waals surface area contributed by atoms with E-state index in [0.717, 1.165) is 17.9 Å². The summed E-state index contributed by atoms with van der Waals surface area (Å²) in [5.74, 6) is 1.65. The van der Waals surface area contributed by atoms with Crippen LogP contribution in [0.5, 0.6) is 11.5 Å². The number of likely N-dealkylation sites (N-methyl/N-ethyl adjacent to an activating group) is 2. The zero-order chi connectivity index (χ0) is 17.0. The molecule has 1 aliphatic rings. The summed E-state index contributed by atoms with van der Waals surface area (Å²) in [4.78, 5) is 15.9. The number of nitrogens with zero attached hydrogens (tertiary/aromatic N) is 2. The van der Waals surface area contributed by atoms with Crippen LogP contribution in [0.4, 0.5) is 0 Å². The summed E-state index contributed by atoms with van der Waals surface area (Å²) in [7, 11) is 5.80. The second kappa shape index (κ2) is 7.66. The number of hydrogen-bond donors (Lipinski definition) is 1. The van der Waals surface area contributed by atoms with E-state index >= 15 is 0 Å². The van der Waals surface area contributed by atoms with Crippen molar-refractivity contribution in [3.63, 3.8) is 0 Å². The second-order valence-corrected chi connectivity index (χ2v) is 6.39. The first-order valence-corrected chi connectivity index (χ1v) is 7.91. The first-order chi connectivity index (χ1) is 10.9. The average Bonchev–Trinajstić information content (AvgIpc) is 2.92. The molecule has 23 heavy (non-hydrogen) atoms. The smallest absolute Gasteiger partial charge is 0.235 e. The normalized spacial score (nSPS) is 15.8. The van der Waals surface area contributed by atoms with Gasteiger partial charge in [-0.3, -0.25) is 9.69 Å². The van der Waals surface area contributed by atoms with Crippen LogP contribution in [-0.4, -0.2) is 62.4 Å². The predicted octanol–water partition coefficient (Wildman–Crippen LogP) is 1.30. The zero-order valence-electron chi connectivity index (χ0n) is 14.6. The highest BCUT2D eigenvalue weighted by Crippen LogP contribution is 2.32. The molecule has 1 N–H and O–H groups in total. The Hall–Kier alpha value is -1.79. The lowest BCUT2D eigenvalue weighted by Crippen LogP contribution is -2.50. The molecule has 1 aromatic rings. The van der Waals surface area contributed by atoms with Crippen molar-refractivity contribution in [2.24, 2.45) is 0 Å². The molecule has 1 aliphatic heterocycles. The molecule has 0 spiro atoms. The molecular formula is C17H27N3O3. The molecule has 0 radical (unpaired) electrons. The third-order valence-electron chi connectivity index (χ3n) is 4.10. The number of carbonyl (C=O) groups excluding carboxylic acids is 1. The molecular weight excluding hydrogens is 294 g/mol. The van der Waals surface area contributed by atoms with Gasteiger partial charge in [0.05, 0.1) is 12.7 Å². The largest absolute Gasteiger partial charge is 0.454 e. The number of rotatable bonds is 7. The molecule has 0 bridgehead atoms. The summed E-state index contributed by atoms with van der Waals surface area (Å²) in [6.07, 6.45) is 0.854. The third kappa shape index (κ3) is 4.84. The third-order valence-corrected chi connectivity index (χ3v) is 4.10. The minimum atomic E-state index is -0.0218. The van der Waals surface area contributed by atoms with Crippen molar-refractivity contribution in [1.82, 2.24) is 15.1 Å². The van der Waals surface area contributed by atoms with Crippen molar-refractivity contribution in [2.75, 3.05) is 34.5 Å². The van der Waals surface area contributed by atoms with Crippen LogP contribution in [-0.2, 0) is 11.2 Å². The lowest BCUT2D eigenvalue weighted by molar-refractivity contribution is -0.123. The maximum Gasteiger partial charge on any atom is 0.235 e. The van der Waals surface area contributed by atoms with E-state index < -0.39 is 0 Å². The van der Waals surface area contributed by atoms with Crippen molar-refractivity contribution in [2.45, 2.75) is 32.5 Å². The Kier molecular flexibility index (Phi) is 5.85. The standard InChI is InChI=1S/C17H27N3O3/c1-12(20(5)13(2)18-17(21)10-19(3)4)8-14-6-7-15-16(9-14)23-11-22-15/h6-7,9,12-13H,8,10-11H2,1-5H3,(H,18,21). The van der Waals surface area contributed by atoms with Gasteiger partial charge in [0.25, 0.3) is 0 Å². The summed E-state index contributed by atoms with van der Waals surface area (Å²) < 4.78 is 10.8. The van der Waals surface area contributed by atoms with Gasteiger partial charge >= 0.3 is 0 Å². The van der Waals surface area contributed by atoms with Gasteiger partial charge in [-0.2, -0.15) is 0 Å². The molecule has 0 aromatic heterocycles. The van der Waals surface area contributed by atoms with Gasteiger partial charge in [-0.15, -0.1) is 0 Å². The molecule has 0 saturated carbocycles. The van der Waals surface area contributed by atoms with Crippen LogP contribution >= 0.6 is 0 Å². The number of amides is 1. The Morgan fingerprint density at radius 3 is 2.61 bits per heavy atom. The van der Waals surface area contributed by atoms with E-state index in [-0.39, 0.29) is 18.1 Å². The molecule has 1 aromatic carbocycles. The topological polar surface area (TPSA) is 54.0 Å². The Morgan fingerprint density at radius 1 is 1.22 bits per heavy atom. The van der Waals surface area contributed by atoms with E-state index in [1.807, 2.05) is 45.1 Å². The van der Waals surface area contributed by atoms with E-state index in [1.54, 1.807) is 0 Å². The first-order valence-electron chi connectivity index (χ1n) is 7.91. The minimum absolute atomic E-state index is 0.0218. The Labute approximate surface area is 138 Å². The van der Waals surface area contributed by atoms with Crippen LogP contribution in [0.25, 0.3) is 0 Å². The molecule has 1 amide bonds. The van der Waals surface area contributed by atoms with E-state index in [9.17, 15) is 4.79 Å². The quantitative estimate of drug-likeness (QED) is 0.767. The van der Waals surface area contributed by atoms with Gasteiger partial charge in [-0.1, -0.05) is 6.07 Å². The number of carbonyl (C=O) groups is 1. The first kappa shape index (κ1) is 17.6. The molecule has 6 nitrogen and oxygen atoms in total. The Balaban J connectivity index is 1.89. The van der Waals surface area contributed by atoms with Crippen molar-refractivity contribution in [3.8, 4) is 11.5 Å². The average molecular weight is 321 g/mol. The van der Waals surface area contributed by atoms with Crippen molar-refractivity contribution in [1.29, 1.82) is 0 Å². The lowest BCUT2D eigenvalue weighted by atomic mass is 10.1. The predicted molar refractivity (Wildman–Crippen MR) is 89.7 cm³/mol. The molecule has 1 heterocycles. The minimum Gasteiger partial charge on any atom is -0.454 e. The molecule has 2 atom stereocenters. The van der Waals surface area contributed by atoms with E-state index in [1.165, 1.54) is 5.56 Å². The summed E-state index contributed by atoms with van der Waals surface area (Å²) in [5.41, 5.74) is 1.19.